The Morgan fingerprint density at radius 3 is 2.04 bits per heavy atom. The molecular formula is C54H32O. The van der Waals surface area contributed by atoms with E-state index in [1.165, 1.54) is 0 Å². The van der Waals surface area contributed by atoms with Crippen LogP contribution < -0.4 is 0 Å². The highest BCUT2D eigenvalue weighted by atomic mass is 16.3. The Bertz CT molecular complexity index is 5150. The number of benzene rings is 9. The average molecular weight is 727 g/mol. The van der Waals surface area contributed by atoms with Gasteiger partial charge in [-0.05, 0) is 123 Å². The predicted molar refractivity (Wildman–Crippen MR) is 233 cm³/mol. The number of hydrogen-bond acceptors (Lipinski definition) is 1. The quantitative estimate of drug-likeness (QED) is 0.165. The van der Waals surface area contributed by atoms with Crippen LogP contribution in [0.25, 0.3) is 105 Å². The van der Waals surface area contributed by atoms with Crippen molar-refractivity contribution >= 4 is 82.7 Å². The zero-order chi connectivity index (χ0) is 61.9. The number of rotatable bonds is 3. The second-order valence-corrected chi connectivity index (χ2v) is 13.1. The van der Waals surface area contributed by atoms with Crippen LogP contribution in [0.15, 0.2) is 179 Å². The van der Waals surface area contributed by atoms with Gasteiger partial charge in [-0.2, -0.15) is 0 Å². The molecule has 1 nitrogen and oxygen atoms in total. The summed E-state index contributed by atoms with van der Waals surface area (Å²) in [6.07, 6.45) is 0. The lowest BCUT2D eigenvalue weighted by Crippen LogP contribution is -2.21. The molecular weight excluding hydrogens is 665 g/mol. The Hall–Kier alpha value is -6.96. The second-order valence-electron chi connectivity index (χ2n) is 13.1. The van der Waals surface area contributed by atoms with Gasteiger partial charge in [-0.1, -0.05) is 157 Å². The lowest BCUT2D eigenvalue weighted by molar-refractivity contribution is 0.667. The largest absolute Gasteiger partial charge is 0.456 e. The first kappa shape index (κ1) is 13.1. The topological polar surface area (TPSA) is 13.1 Å². The molecule has 55 heavy (non-hydrogen) atoms. The number of allylic oxidation sites excluding steroid dienone is 6. The third-order valence-electron chi connectivity index (χ3n) is 10.2. The van der Waals surface area contributed by atoms with E-state index in [4.69, 9.17) is 22.2 Å². The van der Waals surface area contributed by atoms with Gasteiger partial charge in [0.25, 0.3) is 0 Å². The van der Waals surface area contributed by atoms with E-state index in [1.807, 2.05) is 0 Å². The fraction of sp³-hybridized carbons (Fsp3) is 0.0370. The summed E-state index contributed by atoms with van der Waals surface area (Å²) in [4.78, 5) is 0. The van der Waals surface area contributed by atoms with Gasteiger partial charge < -0.3 is 4.42 Å². The molecule has 1 heterocycles. The first-order chi connectivity index (χ1) is 39.8. The molecule has 0 aliphatic heterocycles. The number of furan rings is 1. The van der Waals surface area contributed by atoms with Gasteiger partial charge in [-0.3, -0.25) is 0 Å². The van der Waals surface area contributed by atoms with Crippen molar-refractivity contribution < 1.29 is 45.5 Å². The van der Waals surface area contributed by atoms with E-state index >= 15 is 0 Å². The second kappa shape index (κ2) is 10.8. The minimum Gasteiger partial charge on any atom is -0.456 e. The molecule has 2 unspecified atom stereocenters. The molecule has 0 amide bonds. The first-order valence-electron chi connectivity index (χ1n) is 31.9. The van der Waals surface area contributed by atoms with Crippen LogP contribution in [0, 0.1) is 5.92 Å². The molecule has 2 atom stereocenters. The summed E-state index contributed by atoms with van der Waals surface area (Å²) < 4.78 is 285. The fourth-order valence-electron chi connectivity index (χ4n) is 7.85. The van der Waals surface area contributed by atoms with Crippen molar-refractivity contribution in [2.75, 3.05) is 0 Å². The fourth-order valence-corrected chi connectivity index (χ4v) is 7.85. The predicted octanol–water partition coefficient (Wildman–Crippen LogP) is 14.7. The molecule has 10 aromatic rings. The van der Waals surface area contributed by atoms with Crippen molar-refractivity contribution in [3.05, 3.63) is 197 Å². The van der Waals surface area contributed by atoms with Gasteiger partial charge >= 0.3 is 0 Å². The maximum atomic E-state index is 10.6. The lowest BCUT2D eigenvalue weighted by atomic mass is 9.67. The zero-order valence-corrected chi connectivity index (χ0v) is 27.6. The summed E-state index contributed by atoms with van der Waals surface area (Å²) in [5.41, 5.74) is -7.98. The standard InChI is InChI=1S/C54H32O/c1-2-7-38-30-49-47(28-37(38)6-1)54-43(12-5-13-48(54)55-49)41-25-22-39(40-23-18-35-16-14-31-8-3-10-33-20-26-44(40)52(35)50(31)33)29-46(41)42-24-19-36-17-15-32-9-4-11-34-21-27-45(42)53(36)51(32)34/h1-30,35,52H/i1D,2D,3D,4D,5D,6D,7D,8D,9D,10D,11D,12D,13D,14D,15D,16D,17D,18D,19D,20D,21D,22D,23D,24D,25D,26D,27D,28D,29D,30D. The molecule has 0 fully saturated rings. The monoisotopic (exact) mass is 726 g/mol. The van der Waals surface area contributed by atoms with Crippen LogP contribution in [-0.2, 0) is 0 Å². The first-order valence-corrected chi connectivity index (χ1v) is 16.9. The van der Waals surface area contributed by atoms with E-state index in [-0.39, 0.29) is 10.9 Å². The van der Waals surface area contributed by atoms with Gasteiger partial charge in [0.2, 0.25) is 0 Å². The number of fused-ring (bicyclic) bond motifs is 4. The molecule has 1 aromatic heterocycles. The van der Waals surface area contributed by atoms with Crippen molar-refractivity contribution in [2.24, 2.45) is 5.92 Å². The smallest absolute Gasteiger partial charge is 0.136 e. The maximum Gasteiger partial charge on any atom is 0.136 e. The number of hydrogen-bond donors (Lipinski definition) is 0. The van der Waals surface area contributed by atoms with E-state index in [0.29, 0.717) is 0 Å². The van der Waals surface area contributed by atoms with Crippen molar-refractivity contribution in [1.29, 1.82) is 0 Å². The van der Waals surface area contributed by atoms with Crippen LogP contribution in [0.4, 0.5) is 0 Å². The summed E-state index contributed by atoms with van der Waals surface area (Å²) >= 11 is 0. The molecule has 0 radical (unpaired) electrons. The maximum absolute atomic E-state index is 10.6. The van der Waals surface area contributed by atoms with Gasteiger partial charge in [-0.15, -0.1) is 0 Å². The summed E-state index contributed by atoms with van der Waals surface area (Å²) in [7, 11) is 0. The van der Waals surface area contributed by atoms with E-state index in [2.05, 4.69) is 0 Å². The van der Waals surface area contributed by atoms with E-state index < -0.39 is 303 Å². The summed E-state index contributed by atoms with van der Waals surface area (Å²) in [5, 5.41) is -5.31. The van der Waals surface area contributed by atoms with Crippen LogP contribution in [0.1, 0.15) is 69.3 Å². The van der Waals surface area contributed by atoms with E-state index in [9.17, 15) is 23.3 Å². The van der Waals surface area contributed by atoms with Crippen LogP contribution in [-0.4, -0.2) is 0 Å². The molecule has 0 bridgehead atoms. The molecule has 0 saturated carbocycles. The third kappa shape index (κ3) is 4.07. The molecule has 1 heteroatoms. The molecule has 0 spiro atoms. The van der Waals surface area contributed by atoms with Crippen molar-refractivity contribution in [2.45, 2.75) is 5.92 Å². The molecule has 254 valence electrons. The summed E-state index contributed by atoms with van der Waals surface area (Å²) in [6.45, 7) is 0. The van der Waals surface area contributed by atoms with Crippen molar-refractivity contribution in [1.82, 2.24) is 0 Å². The summed E-state index contributed by atoms with van der Waals surface area (Å²) in [5.74, 6) is -3.29. The van der Waals surface area contributed by atoms with Crippen molar-refractivity contribution in [3.63, 3.8) is 0 Å². The molecule has 3 aliphatic rings. The minimum absolute atomic E-state index is 0.230. The molecule has 9 aromatic carbocycles. The third-order valence-corrected chi connectivity index (χ3v) is 10.2. The normalized spacial score (nSPS) is 25.9. The van der Waals surface area contributed by atoms with Gasteiger partial charge in [-0.25, -0.2) is 0 Å². The highest BCUT2D eigenvalue weighted by Crippen LogP contribution is 2.52. The average Bonchev–Trinajstić information content (AvgIpc) is 1.08. The lowest BCUT2D eigenvalue weighted by Gasteiger charge is -2.37. The minimum atomic E-state index is -1.66. The van der Waals surface area contributed by atoms with Crippen LogP contribution in [0.3, 0.4) is 0 Å². The van der Waals surface area contributed by atoms with Gasteiger partial charge in [0.1, 0.15) is 11.2 Å². The van der Waals surface area contributed by atoms with Gasteiger partial charge in [0.15, 0.2) is 0 Å². The highest BCUT2D eigenvalue weighted by molar-refractivity contribution is 6.26. The van der Waals surface area contributed by atoms with Crippen LogP contribution >= 0.6 is 0 Å². The molecule has 0 saturated heterocycles. The zero-order valence-electron chi connectivity index (χ0n) is 57.6. The van der Waals surface area contributed by atoms with E-state index in [0.717, 1.165) is 0 Å². The Morgan fingerprint density at radius 2 is 1.15 bits per heavy atom. The SMILES string of the molecule is [2H]C1=C([2H])c2c([2H])c([2H])c([2H])c3c2C2C1=C(c1c([2H])c([2H])c(-c4c([2H])c([2H])c([2H])c5oc6c([2H])c7c([2H])c([2H])c([2H])c([2H])c7c([2H])c6c45)c(-c4c([2H])c([2H])c5c([2H])c([2H])c6c([2H])c([2H])c([2H])c7c([2H])c([2H])c4c5c67)c1[2H])C([2H])=C([2H])C2C([2H])=C3[2H]. The van der Waals surface area contributed by atoms with E-state index in [1.54, 1.807) is 0 Å². The Labute approximate surface area is 359 Å². The Morgan fingerprint density at radius 1 is 0.436 bits per heavy atom. The highest BCUT2D eigenvalue weighted by Gasteiger charge is 2.34. The van der Waals surface area contributed by atoms with Crippen LogP contribution in [0.5, 0.6) is 0 Å². The summed E-state index contributed by atoms with van der Waals surface area (Å²) in [6, 6.07) is -26.0. The van der Waals surface area contributed by atoms with Gasteiger partial charge in [0.05, 0.1) is 41.1 Å². The van der Waals surface area contributed by atoms with Crippen LogP contribution in [0.2, 0.25) is 0 Å². The Kier molecular flexibility index (Phi) is 2.58. The van der Waals surface area contributed by atoms with Crippen molar-refractivity contribution in [3.8, 4) is 22.3 Å². The molecule has 3 aliphatic carbocycles. The molecule has 13 rings (SSSR count). The van der Waals surface area contributed by atoms with Gasteiger partial charge in [0, 0.05) is 22.6 Å². The molecule has 0 N–H and O–H groups in total. The Balaban J connectivity index is 1.32.